The van der Waals surface area contributed by atoms with Gasteiger partial charge < -0.3 is 14.2 Å². The van der Waals surface area contributed by atoms with Crippen LogP contribution >= 0.6 is 0 Å². The first-order valence-electron chi connectivity index (χ1n) is 4.70. The molecule has 15 heavy (non-hydrogen) atoms. The lowest BCUT2D eigenvalue weighted by molar-refractivity contribution is -0.253. The SMILES string of the molecule is CCOC(=O)C(F)(F)OCCOC(C)C. The average Bonchev–Trinajstić information content (AvgIpc) is 2.12. The van der Waals surface area contributed by atoms with E-state index in [9.17, 15) is 13.6 Å². The number of carbonyl (C=O) groups is 1. The molecular weight excluding hydrogens is 210 g/mol. The molecular formula is C9H16F2O4. The minimum atomic E-state index is -3.89. The lowest BCUT2D eigenvalue weighted by Gasteiger charge is -2.15. The van der Waals surface area contributed by atoms with Crippen LogP contribution in [-0.4, -0.2) is 38.0 Å². The zero-order valence-corrected chi connectivity index (χ0v) is 9.09. The third kappa shape index (κ3) is 6.35. The molecule has 0 N–H and O–H groups in total. The van der Waals surface area contributed by atoms with Crippen molar-refractivity contribution in [2.75, 3.05) is 19.8 Å². The maximum atomic E-state index is 12.8. The van der Waals surface area contributed by atoms with E-state index in [0.29, 0.717) is 0 Å². The zero-order valence-electron chi connectivity index (χ0n) is 9.09. The summed E-state index contributed by atoms with van der Waals surface area (Å²) in [5.74, 6) is -1.67. The Morgan fingerprint density at radius 1 is 1.33 bits per heavy atom. The molecule has 0 rings (SSSR count). The maximum absolute atomic E-state index is 12.8. The third-order valence-electron chi connectivity index (χ3n) is 1.33. The number of esters is 1. The van der Waals surface area contributed by atoms with Crippen molar-refractivity contribution in [3.63, 3.8) is 0 Å². The molecule has 0 aromatic heterocycles. The quantitative estimate of drug-likeness (QED) is 0.488. The van der Waals surface area contributed by atoms with Gasteiger partial charge >= 0.3 is 12.1 Å². The highest BCUT2D eigenvalue weighted by atomic mass is 19.3. The van der Waals surface area contributed by atoms with Gasteiger partial charge in [-0.1, -0.05) is 0 Å². The molecule has 0 amide bonds. The van der Waals surface area contributed by atoms with Crippen LogP contribution in [0.4, 0.5) is 8.78 Å². The van der Waals surface area contributed by atoms with Gasteiger partial charge in [-0.3, -0.25) is 0 Å². The summed E-state index contributed by atoms with van der Waals surface area (Å²) in [6, 6.07) is 0. The van der Waals surface area contributed by atoms with Crippen LogP contribution in [0.15, 0.2) is 0 Å². The van der Waals surface area contributed by atoms with Crippen LogP contribution in [0.2, 0.25) is 0 Å². The van der Waals surface area contributed by atoms with Crippen molar-refractivity contribution < 1.29 is 27.8 Å². The van der Waals surface area contributed by atoms with Crippen LogP contribution in [0.1, 0.15) is 20.8 Å². The number of halogens is 2. The molecule has 0 aromatic carbocycles. The van der Waals surface area contributed by atoms with Crippen molar-refractivity contribution in [2.45, 2.75) is 33.0 Å². The Balaban J connectivity index is 3.78. The molecule has 4 nitrogen and oxygen atoms in total. The fraction of sp³-hybridized carbons (Fsp3) is 0.889. The fourth-order valence-electron chi connectivity index (χ4n) is 0.728. The highest BCUT2D eigenvalue weighted by molar-refractivity contribution is 5.75. The van der Waals surface area contributed by atoms with E-state index in [2.05, 4.69) is 9.47 Å². The molecule has 0 bridgehead atoms. The first-order chi connectivity index (χ1) is 6.90. The second-order valence-electron chi connectivity index (χ2n) is 3.01. The fourth-order valence-corrected chi connectivity index (χ4v) is 0.728. The normalized spacial score (nSPS) is 11.9. The van der Waals surface area contributed by atoms with Crippen LogP contribution in [0.25, 0.3) is 0 Å². The number of carbonyl (C=O) groups excluding carboxylic acids is 1. The highest BCUT2D eigenvalue weighted by Crippen LogP contribution is 2.17. The second-order valence-corrected chi connectivity index (χ2v) is 3.01. The van der Waals surface area contributed by atoms with Gasteiger partial charge in [0.1, 0.15) is 0 Å². The Morgan fingerprint density at radius 3 is 2.40 bits per heavy atom. The number of ether oxygens (including phenoxy) is 3. The van der Waals surface area contributed by atoms with E-state index in [1.807, 2.05) is 0 Å². The predicted molar refractivity (Wildman–Crippen MR) is 48.6 cm³/mol. The number of hydrogen-bond acceptors (Lipinski definition) is 4. The zero-order chi connectivity index (χ0) is 11.9. The topological polar surface area (TPSA) is 44.8 Å². The van der Waals surface area contributed by atoms with Crippen LogP contribution in [0, 0.1) is 0 Å². The van der Waals surface area contributed by atoms with Crippen LogP contribution in [0.5, 0.6) is 0 Å². The Bertz CT molecular complexity index is 195. The van der Waals surface area contributed by atoms with E-state index in [0.717, 1.165) is 0 Å². The number of rotatable bonds is 7. The predicted octanol–water partition coefficient (Wildman–Crippen LogP) is 1.58. The maximum Gasteiger partial charge on any atom is 0.456 e. The molecule has 90 valence electrons. The van der Waals surface area contributed by atoms with Gasteiger partial charge in [0.05, 0.1) is 25.9 Å². The van der Waals surface area contributed by atoms with Crippen molar-refractivity contribution in [2.24, 2.45) is 0 Å². The monoisotopic (exact) mass is 226 g/mol. The van der Waals surface area contributed by atoms with Crippen LogP contribution in [0.3, 0.4) is 0 Å². The molecule has 0 saturated carbocycles. The average molecular weight is 226 g/mol. The minimum absolute atomic E-state index is 0.00661. The largest absolute Gasteiger partial charge is 0.460 e. The van der Waals surface area contributed by atoms with E-state index < -0.39 is 12.1 Å². The lowest BCUT2D eigenvalue weighted by Crippen LogP contribution is -2.35. The Labute approximate surface area is 87.5 Å². The summed E-state index contributed by atoms with van der Waals surface area (Å²) in [5, 5.41) is 0. The Hall–Kier alpha value is -0.750. The van der Waals surface area contributed by atoms with Gasteiger partial charge in [0, 0.05) is 0 Å². The summed E-state index contributed by atoms with van der Waals surface area (Å²) in [4.78, 5) is 10.7. The summed E-state index contributed by atoms with van der Waals surface area (Å²) in [6.45, 7) is 4.51. The summed E-state index contributed by atoms with van der Waals surface area (Å²) >= 11 is 0. The van der Waals surface area contributed by atoms with Gasteiger partial charge in [-0.2, -0.15) is 8.78 Å². The van der Waals surface area contributed by atoms with E-state index in [1.165, 1.54) is 6.92 Å². The van der Waals surface area contributed by atoms with E-state index >= 15 is 0 Å². The van der Waals surface area contributed by atoms with Crippen molar-refractivity contribution in [1.29, 1.82) is 0 Å². The molecule has 0 radical (unpaired) electrons. The minimum Gasteiger partial charge on any atom is -0.460 e. The van der Waals surface area contributed by atoms with E-state index in [4.69, 9.17) is 4.74 Å². The smallest absolute Gasteiger partial charge is 0.456 e. The molecule has 0 atom stereocenters. The first kappa shape index (κ1) is 14.2. The first-order valence-corrected chi connectivity index (χ1v) is 4.70. The number of hydrogen-bond donors (Lipinski definition) is 0. The summed E-state index contributed by atoms with van der Waals surface area (Å²) < 4.78 is 38.7. The van der Waals surface area contributed by atoms with Gasteiger partial charge in [0.25, 0.3) is 0 Å². The standard InChI is InChI=1S/C9H16F2O4/c1-4-13-8(12)9(10,11)15-6-5-14-7(2)3/h7H,4-6H2,1-3H3. The Kier molecular flexibility index (Phi) is 6.35. The van der Waals surface area contributed by atoms with Gasteiger partial charge in [0.15, 0.2) is 0 Å². The molecule has 0 aliphatic heterocycles. The molecule has 6 heteroatoms. The summed E-state index contributed by atoms with van der Waals surface area (Å²) in [6.07, 6.45) is -3.96. The summed E-state index contributed by atoms with van der Waals surface area (Å²) in [7, 11) is 0. The molecule has 0 spiro atoms. The van der Waals surface area contributed by atoms with Crippen molar-refractivity contribution in [3.8, 4) is 0 Å². The third-order valence-corrected chi connectivity index (χ3v) is 1.33. The molecule has 0 unspecified atom stereocenters. The Morgan fingerprint density at radius 2 is 1.93 bits per heavy atom. The van der Waals surface area contributed by atoms with E-state index in [-0.39, 0.29) is 25.9 Å². The lowest BCUT2D eigenvalue weighted by atomic mass is 10.5. The summed E-state index contributed by atoms with van der Waals surface area (Å²) in [5.41, 5.74) is 0. The molecule has 0 aliphatic rings. The van der Waals surface area contributed by atoms with Crippen molar-refractivity contribution in [1.82, 2.24) is 0 Å². The molecule has 0 aromatic rings. The molecule has 0 aliphatic carbocycles. The van der Waals surface area contributed by atoms with Gasteiger partial charge in [-0.15, -0.1) is 0 Å². The molecule has 0 saturated heterocycles. The molecule has 0 heterocycles. The van der Waals surface area contributed by atoms with Gasteiger partial charge in [0.2, 0.25) is 0 Å². The van der Waals surface area contributed by atoms with Crippen molar-refractivity contribution in [3.05, 3.63) is 0 Å². The van der Waals surface area contributed by atoms with Crippen molar-refractivity contribution >= 4 is 5.97 Å². The van der Waals surface area contributed by atoms with Crippen LogP contribution < -0.4 is 0 Å². The second kappa shape index (κ2) is 6.68. The molecule has 0 fully saturated rings. The van der Waals surface area contributed by atoms with E-state index in [1.54, 1.807) is 13.8 Å². The van der Waals surface area contributed by atoms with Crippen LogP contribution in [-0.2, 0) is 19.0 Å². The highest BCUT2D eigenvalue weighted by Gasteiger charge is 2.42. The number of alkyl halides is 2. The van der Waals surface area contributed by atoms with Gasteiger partial charge in [-0.05, 0) is 20.8 Å². The van der Waals surface area contributed by atoms with Gasteiger partial charge in [-0.25, -0.2) is 4.79 Å².